The molecule has 0 aromatic heterocycles. The van der Waals surface area contributed by atoms with Crippen LogP contribution in [0.3, 0.4) is 0 Å². The third-order valence-electron chi connectivity index (χ3n) is 3.98. The number of Topliss-reactive ketones (excluding diaryl/α,β-unsaturated/α-hetero) is 1. The number of benzene rings is 1. The van der Waals surface area contributed by atoms with Crippen molar-refractivity contribution in [2.24, 2.45) is 5.92 Å². The van der Waals surface area contributed by atoms with E-state index < -0.39 is 0 Å². The Labute approximate surface area is 119 Å². The van der Waals surface area contributed by atoms with Gasteiger partial charge in [-0.1, -0.05) is 11.6 Å². The molecule has 0 atom stereocenters. The molecule has 3 rings (SSSR count). The third kappa shape index (κ3) is 3.28. The molecule has 3 nitrogen and oxygen atoms in total. The van der Waals surface area contributed by atoms with Crippen LogP contribution in [0.5, 0.6) is 0 Å². The summed E-state index contributed by atoms with van der Waals surface area (Å²) in [5, 5.41) is 0.775. The van der Waals surface area contributed by atoms with Crippen molar-refractivity contribution in [3.8, 4) is 0 Å². The van der Waals surface area contributed by atoms with Crippen molar-refractivity contribution >= 4 is 23.1 Å². The van der Waals surface area contributed by atoms with E-state index in [2.05, 4.69) is 21.9 Å². The van der Waals surface area contributed by atoms with Crippen LogP contribution in [-0.2, 0) is 4.79 Å². The van der Waals surface area contributed by atoms with Gasteiger partial charge in [0.25, 0.3) is 0 Å². The Bertz CT molecular complexity index is 448. The van der Waals surface area contributed by atoms with E-state index in [1.165, 1.54) is 5.69 Å². The molecule has 1 saturated carbocycles. The van der Waals surface area contributed by atoms with E-state index in [1.807, 2.05) is 12.1 Å². The van der Waals surface area contributed by atoms with Crippen LogP contribution in [0.1, 0.15) is 12.8 Å². The molecule has 0 N–H and O–H groups in total. The molecule has 2 aliphatic rings. The zero-order valence-corrected chi connectivity index (χ0v) is 11.8. The summed E-state index contributed by atoms with van der Waals surface area (Å²) in [6, 6.07) is 7.99. The van der Waals surface area contributed by atoms with E-state index in [4.69, 9.17) is 11.6 Å². The Kier molecular flexibility index (Phi) is 3.76. The van der Waals surface area contributed by atoms with E-state index in [0.29, 0.717) is 18.2 Å². The first-order chi connectivity index (χ1) is 9.22. The highest BCUT2D eigenvalue weighted by molar-refractivity contribution is 6.30. The van der Waals surface area contributed by atoms with Crippen LogP contribution in [0.25, 0.3) is 0 Å². The molecule has 1 heterocycles. The van der Waals surface area contributed by atoms with Crippen LogP contribution in [0, 0.1) is 5.92 Å². The molecule has 1 aromatic rings. The Morgan fingerprint density at radius 3 is 2.32 bits per heavy atom. The highest BCUT2D eigenvalue weighted by Gasteiger charge is 2.31. The van der Waals surface area contributed by atoms with Crippen molar-refractivity contribution in [1.29, 1.82) is 0 Å². The Hall–Kier alpha value is -1.06. The van der Waals surface area contributed by atoms with Crippen LogP contribution in [-0.4, -0.2) is 43.4 Å². The molecule has 0 bridgehead atoms. The van der Waals surface area contributed by atoms with Gasteiger partial charge in [-0.3, -0.25) is 9.69 Å². The molecule has 4 heteroatoms. The first-order valence-corrected chi connectivity index (χ1v) is 7.36. The van der Waals surface area contributed by atoms with Crippen molar-refractivity contribution in [2.75, 3.05) is 37.6 Å². The summed E-state index contributed by atoms with van der Waals surface area (Å²) in [6.45, 7) is 4.57. The number of anilines is 1. The second kappa shape index (κ2) is 5.51. The summed E-state index contributed by atoms with van der Waals surface area (Å²) >= 11 is 5.90. The zero-order valence-electron chi connectivity index (χ0n) is 11.0. The molecular formula is C15H19ClN2O. The maximum absolute atomic E-state index is 11.8. The predicted octanol–water partition coefficient (Wildman–Crippen LogP) is 2.44. The number of hydrogen-bond acceptors (Lipinski definition) is 3. The van der Waals surface area contributed by atoms with Gasteiger partial charge in [0.05, 0.1) is 6.54 Å². The van der Waals surface area contributed by atoms with Gasteiger partial charge in [0, 0.05) is 42.8 Å². The van der Waals surface area contributed by atoms with E-state index in [-0.39, 0.29) is 0 Å². The van der Waals surface area contributed by atoms with Crippen molar-refractivity contribution in [1.82, 2.24) is 4.90 Å². The lowest BCUT2D eigenvalue weighted by Crippen LogP contribution is -2.48. The normalized spacial score (nSPS) is 20.6. The maximum Gasteiger partial charge on any atom is 0.149 e. The molecule has 0 unspecified atom stereocenters. The molecule has 19 heavy (non-hydrogen) atoms. The molecule has 1 aliphatic carbocycles. The third-order valence-corrected chi connectivity index (χ3v) is 4.23. The summed E-state index contributed by atoms with van der Waals surface area (Å²) in [6.07, 6.45) is 2.23. The largest absolute Gasteiger partial charge is 0.369 e. The zero-order chi connectivity index (χ0) is 13.2. The van der Waals surface area contributed by atoms with Crippen LogP contribution >= 0.6 is 11.6 Å². The Morgan fingerprint density at radius 1 is 1.11 bits per heavy atom. The lowest BCUT2D eigenvalue weighted by molar-refractivity contribution is -0.121. The fraction of sp³-hybridized carbons (Fsp3) is 0.533. The number of halogens is 1. The van der Waals surface area contributed by atoms with Gasteiger partial charge in [-0.25, -0.2) is 0 Å². The van der Waals surface area contributed by atoms with Gasteiger partial charge < -0.3 is 4.90 Å². The Balaban J connectivity index is 1.51. The maximum atomic E-state index is 11.8. The molecule has 1 aromatic carbocycles. The fourth-order valence-corrected chi connectivity index (χ4v) is 2.70. The summed E-state index contributed by atoms with van der Waals surface area (Å²) in [4.78, 5) is 16.4. The lowest BCUT2D eigenvalue weighted by Gasteiger charge is -2.35. The van der Waals surface area contributed by atoms with Crippen molar-refractivity contribution < 1.29 is 4.79 Å². The molecule has 102 valence electrons. The van der Waals surface area contributed by atoms with Crippen LogP contribution < -0.4 is 4.90 Å². The molecule has 0 spiro atoms. The van der Waals surface area contributed by atoms with Crippen LogP contribution in [0.4, 0.5) is 5.69 Å². The molecule has 1 aliphatic heterocycles. The molecule has 1 saturated heterocycles. The standard InChI is InChI=1S/C15H19ClN2O/c16-13-3-5-14(6-4-13)18-9-7-17(8-10-18)11-15(19)12-1-2-12/h3-6,12H,1-2,7-11H2. The number of carbonyl (C=O) groups excluding carboxylic acids is 1. The topological polar surface area (TPSA) is 23.6 Å². The quantitative estimate of drug-likeness (QED) is 0.845. The number of rotatable bonds is 4. The van der Waals surface area contributed by atoms with E-state index in [9.17, 15) is 4.79 Å². The number of piperazine rings is 1. The van der Waals surface area contributed by atoms with E-state index in [1.54, 1.807) is 0 Å². The van der Waals surface area contributed by atoms with Crippen LogP contribution in [0.2, 0.25) is 5.02 Å². The van der Waals surface area contributed by atoms with Crippen molar-refractivity contribution in [2.45, 2.75) is 12.8 Å². The number of hydrogen-bond donors (Lipinski definition) is 0. The van der Waals surface area contributed by atoms with Gasteiger partial charge in [0.15, 0.2) is 0 Å². The second-order valence-electron chi connectivity index (χ2n) is 5.48. The predicted molar refractivity (Wildman–Crippen MR) is 77.8 cm³/mol. The molecular weight excluding hydrogens is 260 g/mol. The number of carbonyl (C=O) groups is 1. The van der Waals surface area contributed by atoms with Gasteiger partial charge in [-0.15, -0.1) is 0 Å². The van der Waals surface area contributed by atoms with Crippen molar-refractivity contribution in [3.05, 3.63) is 29.3 Å². The minimum Gasteiger partial charge on any atom is -0.369 e. The SMILES string of the molecule is O=C(CN1CCN(c2ccc(Cl)cc2)CC1)C1CC1. The number of ketones is 1. The van der Waals surface area contributed by atoms with E-state index >= 15 is 0 Å². The minimum absolute atomic E-state index is 0.384. The average molecular weight is 279 g/mol. The summed E-state index contributed by atoms with van der Waals surface area (Å²) in [5.41, 5.74) is 1.22. The monoisotopic (exact) mass is 278 g/mol. The van der Waals surface area contributed by atoms with Gasteiger partial charge in [-0.05, 0) is 37.1 Å². The minimum atomic E-state index is 0.384. The van der Waals surface area contributed by atoms with Gasteiger partial charge in [0.2, 0.25) is 0 Å². The summed E-state index contributed by atoms with van der Waals surface area (Å²) < 4.78 is 0. The first kappa shape index (κ1) is 12.9. The molecule has 2 fully saturated rings. The first-order valence-electron chi connectivity index (χ1n) is 6.98. The van der Waals surface area contributed by atoms with Gasteiger partial charge in [-0.2, -0.15) is 0 Å². The smallest absolute Gasteiger partial charge is 0.149 e. The Morgan fingerprint density at radius 2 is 1.74 bits per heavy atom. The summed E-state index contributed by atoms with van der Waals surface area (Å²) in [5.74, 6) is 0.828. The fourth-order valence-electron chi connectivity index (χ4n) is 2.57. The van der Waals surface area contributed by atoms with E-state index in [0.717, 1.165) is 44.0 Å². The lowest BCUT2D eigenvalue weighted by atomic mass is 10.2. The second-order valence-corrected chi connectivity index (χ2v) is 5.92. The summed E-state index contributed by atoms with van der Waals surface area (Å²) in [7, 11) is 0. The average Bonchev–Trinajstić information content (AvgIpc) is 3.25. The van der Waals surface area contributed by atoms with Gasteiger partial charge >= 0.3 is 0 Å². The number of nitrogens with zero attached hydrogens (tertiary/aromatic N) is 2. The molecule has 0 amide bonds. The van der Waals surface area contributed by atoms with Crippen LogP contribution in [0.15, 0.2) is 24.3 Å². The highest BCUT2D eigenvalue weighted by Crippen LogP contribution is 2.30. The van der Waals surface area contributed by atoms with Gasteiger partial charge in [0.1, 0.15) is 5.78 Å². The van der Waals surface area contributed by atoms with Crippen molar-refractivity contribution in [3.63, 3.8) is 0 Å². The molecule has 0 radical (unpaired) electrons. The highest BCUT2D eigenvalue weighted by atomic mass is 35.5.